The molecule has 0 bridgehead atoms. The lowest BCUT2D eigenvalue weighted by Gasteiger charge is -2.42. The maximum absolute atomic E-state index is 12.2. The fourth-order valence-electron chi connectivity index (χ4n) is 2.72. The molecule has 0 spiro atoms. The first kappa shape index (κ1) is 19.1. The molecule has 0 fully saturated rings. The number of hydrogen-bond donors (Lipinski definition) is 3. The van der Waals surface area contributed by atoms with Gasteiger partial charge in [0.15, 0.2) is 0 Å². The Morgan fingerprint density at radius 1 is 1.32 bits per heavy atom. The van der Waals surface area contributed by atoms with E-state index in [1.54, 1.807) is 52.8 Å². The molecule has 0 aliphatic carbocycles. The van der Waals surface area contributed by atoms with E-state index in [9.17, 15) is 14.7 Å². The van der Waals surface area contributed by atoms with Crippen LogP contribution in [0.5, 0.6) is 5.75 Å². The quantitative estimate of drug-likeness (QED) is 0.772. The minimum atomic E-state index is -1.03. The molecule has 138 valence electrons. The molecule has 1 aliphatic heterocycles. The van der Waals surface area contributed by atoms with Crippen LogP contribution in [0, 0.1) is 0 Å². The molecule has 25 heavy (non-hydrogen) atoms. The van der Waals surface area contributed by atoms with Crippen LogP contribution in [-0.2, 0) is 16.0 Å². The second-order valence-electron chi connectivity index (χ2n) is 7.72. The maximum Gasteiger partial charge on any atom is 0.408 e. The Morgan fingerprint density at radius 2 is 1.96 bits per heavy atom. The summed E-state index contributed by atoms with van der Waals surface area (Å²) in [5.41, 5.74) is -0.529. The number of carboxylic acid groups (broad SMARTS) is 1. The summed E-state index contributed by atoms with van der Waals surface area (Å²) in [5, 5.41) is 22.3. The monoisotopic (exact) mass is 351 g/mol. The van der Waals surface area contributed by atoms with Crippen LogP contribution in [0.3, 0.4) is 0 Å². The molecule has 2 unspecified atom stereocenters. The van der Waals surface area contributed by atoms with Crippen molar-refractivity contribution in [2.24, 2.45) is 0 Å². The van der Waals surface area contributed by atoms with Crippen molar-refractivity contribution in [2.75, 3.05) is 0 Å². The van der Waals surface area contributed by atoms with Crippen LogP contribution in [0.15, 0.2) is 18.2 Å². The molecule has 2 rings (SSSR count). The molecule has 0 saturated heterocycles. The minimum Gasteiger partial charge on any atom is -0.485 e. The molecule has 0 aromatic heterocycles. The largest absolute Gasteiger partial charge is 0.485 e. The number of carboxylic acids is 1. The number of aliphatic carboxylic acids is 1. The lowest BCUT2D eigenvalue weighted by Crippen LogP contribution is -2.54. The number of hydrogen-bond acceptors (Lipinski definition) is 5. The summed E-state index contributed by atoms with van der Waals surface area (Å²) in [6, 6.07) is 4.17. The summed E-state index contributed by atoms with van der Waals surface area (Å²) in [6.07, 6.45) is -1.86. The van der Waals surface area contributed by atoms with Crippen molar-refractivity contribution in [2.45, 2.75) is 64.4 Å². The zero-order chi connectivity index (χ0) is 19.0. The predicted molar refractivity (Wildman–Crippen MR) is 90.6 cm³/mol. The van der Waals surface area contributed by atoms with E-state index in [1.807, 2.05) is 0 Å². The third-order valence-corrected chi connectivity index (χ3v) is 3.84. The van der Waals surface area contributed by atoms with Crippen LogP contribution in [0.1, 0.15) is 51.8 Å². The predicted octanol–water partition coefficient (Wildman–Crippen LogP) is 2.41. The van der Waals surface area contributed by atoms with Crippen molar-refractivity contribution in [3.63, 3.8) is 0 Å². The summed E-state index contributed by atoms with van der Waals surface area (Å²) in [7, 11) is 0. The summed E-state index contributed by atoms with van der Waals surface area (Å²) in [6.45, 7) is 8.67. The standard InChI is InChI=1S/C18H25NO6/c1-17(2,3)25-16(23)19-14-11-8-10(9-13(20)21)6-7-12(11)24-18(4,5)15(14)22/h6-8,14-15,22H,9H2,1-5H3,(H,19,23)(H,20,21). The topological polar surface area (TPSA) is 105 Å². The molecule has 1 aromatic rings. The van der Waals surface area contributed by atoms with Crippen molar-refractivity contribution >= 4 is 12.1 Å². The van der Waals surface area contributed by atoms with Gasteiger partial charge in [0, 0.05) is 5.56 Å². The minimum absolute atomic E-state index is 0.161. The molecule has 1 amide bonds. The summed E-state index contributed by atoms with van der Waals surface area (Å²) in [5.74, 6) is -0.472. The normalized spacial score (nSPS) is 21.7. The van der Waals surface area contributed by atoms with Crippen molar-refractivity contribution < 1.29 is 29.3 Å². The van der Waals surface area contributed by atoms with Gasteiger partial charge in [0.05, 0.1) is 12.5 Å². The van der Waals surface area contributed by atoms with Crippen LogP contribution in [-0.4, -0.2) is 39.6 Å². The first-order valence-electron chi connectivity index (χ1n) is 8.10. The zero-order valence-electron chi connectivity index (χ0n) is 15.1. The number of ether oxygens (including phenoxy) is 2. The van der Waals surface area contributed by atoms with Crippen molar-refractivity contribution in [1.29, 1.82) is 0 Å². The van der Waals surface area contributed by atoms with Crippen LogP contribution >= 0.6 is 0 Å². The Labute approximate surface area is 146 Å². The van der Waals surface area contributed by atoms with Crippen LogP contribution in [0.4, 0.5) is 4.79 Å². The highest BCUT2D eigenvalue weighted by atomic mass is 16.6. The fourth-order valence-corrected chi connectivity index (χ4v) is 2.72. The second kappa shape index (κ2) is 6.55. The summed E-state index contributed by atoms with van der Waals surface area (Å²) >= 11 is 0. The molecular weight excluding hydrogens is 326 g/mol. The van der Waals surface area contributed by atoms with Gasteiger partial charge in [-0.2, -0.15) is 0 Å². The smallest absolute Gasteiger partial charge is 0.408 e. The van der Waals surface area contributed by atoms with Gasteiger partial charge in [-0.25, -0.2) is 4.79 Å². The molecule has 0 saturated carbocycles. The second-order valence-corrected chi connectivity index (χ2v) is 7.72. The number of amides is 1. The number of aliphatic hydroxyl groups excluding tert-OH is 1. The van der Waals surface area contributed by atoms with Gasteiger partial charge in [-0.1, -0.05) is 6.07 Å². The van der Waals surface area contributed by atoms with E-state index >= 15 is 0 Å². The molecule has 7 heteroatoms. The van der Waals surface area contributed by atoms with Gasteiger partial charge < -0.3 is 25.0 Å². The first-order chi connectivity index (χ1) is 11.4. The Balaban J connectivity index is 2.36. The first-order valence-corrected chi connectivity index (χ1v) is 8.10. The number of benzene rings is 1. The third-order valence-electron chi connectivity index (χ3n) is 3.84. The lowest BCUT2D eigenvalue weighted by molar-refractivity contribution is -0.136. The maximum atomic E-state index is 12.2. The Morgan fingerprint density at radius 3 is 2.52 bits per heavy atom. The molecule has 1 heterocycles. The van der Waals surface area contributed by atoms with Crippen molar-refractivity contribution in [3.05, 3.63) is 29.3 Å². The lowest BCUT2D eigenvalue weighted by atomic mass is 9.85. The van der Waals surface area contributed by atoms with E-state index < -0.39 is 35.4 Å². The van der Waals surface area contributed by atoms with E-state index in [2.05, 4.69) is 5.32 Å². The average molecular weight is 351 g/mol. The number of carbonyl (C=O) groups is 2. The van der Waals surface area contributed by atoms with Crippen LogP contribution in [0.25, 0.3) is 0 Å². The number of fused-ring (bicyclic) bond motifs is 1. The summed E-state index contributed by atoms with van der Waals surface area (Å²) in [4.78, 5) is 23.1. The van der Waals surface area contributed by atoms with Gasteiger partial charge >= 0.3 is 12.1 Å². The van der Waals surface area contributed by atoms with Crippen LogP contribution < -0.4 is 10.1 Å². The zero-order valence-corrected chi connectivity index (χ0v) is 15.1. The Kier molecular flexibility index (Phi) is 4.99. The molecule has 7 nitrogen and oxygen atoms in total. The third kappa shape index (κ3) is 4.63. The van der Waals surface area contributed by atoms with Gasteiger partial charge in [0.2, 0.25) is 0 Å². The molecule has 2 atom stereocenters. The average Bonchev–Trinajstić information content (AvgIpc) is 2.42. The van der Waals surface area contributed by atoms with E-state index in [4.69, 9.17) is 14.6 Å². The number of carbonyl (C=O) groups excluding carboxylic acids is 1. The van der Waals surface area contributed by atoms with Crippen molar-refractivity contribution in [3.8, 4) is 5.75 Å². The highest BCUT2D eigenvalue weighted by Gasteiger charge is 2.44. The highest BCUT2D eigenvalue weighted by molar-refractivity contribution is 5.71. The van der Waals surface area contributed by atoms with Gasteiger partial charge in [0.1, 0.15) is 23.1 Å². The highest BCUT2D eigenvalue weighted by Crippen LogP contribution is 2.40. The van der Waals surface area contributed by atoms with Gasteiger partial charge in [-0.05, 0) is 52.3 Å². The van der Waals surface area contributed by atoms with Crippen LogP contribution in [0.2, 0.25) is 0 Å². The molecule has 0 radical (unpaired) electrons. The van der Waals surface area contributed by atoms with E-state index in [0.29, 0.717) is 16.9 Å². The number of nitrogens with one attached hydrogen (secondary N) is 1. The Bertz CT molecular complexity index is 677. The van der Waals surface area contributed by atoms with Gasteiger partial charge in [-0.15, -0.1) is 0 Å². The summed E-state index contributed by atoms with van der Waals surface area (Å²) < 4.78 is 11.1. The molecular formula is C18H25NO6. The number of alkyl carbamates (subject to hydrolysis) is 1. The van der Waals surface area contributed by atoms with E-state index in [-0.39, 0.29) is 6.42 Å². The van der Waals surface area contributed by atoms with E-state index in [1.165, 1.54) is 0 Å². The van der Waals surface area contributed by atoms with E-state index in [0.717, 1.165) is 0 Å². The van der Waals surface area contributed by atoms with Gasteiger partial charge in [0.25, 0.3) is 0 Å². The van der Waals surface area contributed by atoms with Gasteiger partial charge in [-0.3, -0.25) is 4.79 Å². The number of aliphatic hydroxyl groups is 1. The fraction of sp³-hybridized carbons (Fsp3) is 0.556. The Hall–Kier alpha value is -2.28. The van der Waals surface area contributed by atoms with Crippen molar-refractivity contribution in [1.82, 2.24) is 5.32 Å². The SMILES string of the molecule is CC(C)(C)OC(=O)NC1c2cc(CC(=O)O)ccc2OC(C)(C)C1O. The molecule has 1 aromatic carbocycles. The molecule has 1 aliphatic rings. The molecule has 3 N–H and O–H groups in total. The number of rotatable bonds is 3.